The number of rotatable bonds is 9. The van der Waals surface area contributed by atoms with Crippen molar-refractivity contribution >= 4 is 0 Å². The third-order valence-corrected chi connectivity index (χ3v) is 3.75. The molecular weight excluding hydrogens is 254 g/mol. The Hall–Kier alpha value is -0.910. The van der Waals surface area contributed by atoms with Crippen LogP contribution in [0.25, 0.3) is 0 Å². The summed E-state index contributed by atoms with van der Waals surface area (Å²) in [6.07, 6.45) is 11.9. The van der Waals surface area contributed by atoms with Crippen molar-refractivity contribution in [3.05, 3.63) is 18.0 Å². The van der Waals surface area contributed by atoms with Gasteiger partial charge in [-0.1, -0.05) is 19.3 Å². The fourth-order valence-corrected chi connectivity index (χ4v) is 2.63. The van der Waals surface area contributed by atoms with E-state index < -0.39 is 0 Å². The van der Waals surface area contributed by atoms with Gasteiger partial charge >= 0.3 is 0 Å². The highest BCUT2D eigenvalue weighted by Gasteiger charge is 2.12. The third kappa shape index (κ3) is 5.61. The minimum Gasteiger partial charge on any atom is -0.394 e. The van der Waals surface area contributed by atoms with E-state index in [-0.39, 0.29) is 6.61 Å². The molecule has 1 aliphatic carbocycles. The molecule has 5 heteroatoms. The van der Waals surface area contributed by atoms with Crippen LogP contribution in [0.3, 0.4) is 0 Å². The average molecular weight is 281 g/mol. The first-order chi connectivity index (χ1) is 9.88. The lowest BCUT2D eigenvalue weighted by atomic mass is 9.98. The predicted molar refractivity (Wildman–Crippen MR) is 78.5 cm³/mol. The molecule has 1 aromatic heterocycles. The maximum atomic E-state index is 8.82. The summed E-state index contributed by atoms with van der Waals surface area (Å²) in [6.45, 7) is 3.36. The summed E-state index contributed by atoms with van der Waals surface area (Å²) in [4.78, 5) is 0. The van der Waals surface area contributed by atoms with Crippen LogP contribution in [0.5, 0.6) is 0 Å². The summed E-state index contributed by atoms with van der Waals surface area (Å²) in [6, 6.07) is 0. The Labute approximate surface area is 121 Å². The molecule has 1 aromatic rings. The van der Waals surface area contributed by atoms with Crippen LogP contribution in [0.4, 0.5) is 0 Å². The van der Waals surface area contributed by atoms with E-state index in [0.29, 0.717) is 12.6 Å². The zero-order valence-corrected chi connectivity index (χ0v) is 12.3. The van der Waals surface area contributed by atoms with Gasteiger partial charge < -0.3 is 15.2 Å². The molecule has 0 bridgehead atoms. The van der Waals surface area contributed by atoms with Crippen molar-refractivity contribution in [1.82, 2.24) is 15.1 Å². The van der Waals surface area contributed by atoms with E-state index in [0.717, 1.165) is 31.7 Å². The Morgan fingerprint density at radius 1 is 1.35 bits per heavy atom. The molecule has 1 aliphatic rings. The fourth-order valence-electron chi connectivity index (χ4n) is 2.63. The molecule has 5 nitrogen and oxygen atoms in total. The summed E-state index contributed by atoms with van der Waals surface area (Å²) in [5.41, 5.74) is 1.16. The van der Waals surface area contributed by atoms with E-state index in [2.05, 4.69) is 10.4 Å². The topological polar surface area (TPSA) is 59.3 Å². The zero-order valence-electron chi connectivity index (χ0n) is 12.3. The fraction of sp³-hybridized carbons (Fsp3) is 0.800. The molecule has 0 aliphatic heterocycles. The standard InChI is InChI=1S/C15H27N3O2/c19-9-8-18-13-14(12-17-18)11-16-7-4-10-20-15-5-2-1-3-6-15/h12-13,15-16,19H,1-11H2. The molecule has 0 radical (unpaired) electrons. The van der Waals surface area contributed by atoms with Gasteiger partial charge in [-0.3, -0.25) is 4.68 Å². The Morgan fingerprint density at radius 2 is 2.20 bits per heavy atom. The first kappa shape index (κ1) is 15.5. The first-order valence-electron chi connectivity index (χ1n) is 7.83. The Morgan fingerprint density at radius 3 is 3.00 bits per heavy atom. The summed E-state index contributed by atoms with van der Waals surface area (Å²) < 4.78 is 7.65. The van der Waals surface area contributed by atoms with Crippen LogP contribution in [0.1, 0.15) is 44.1 Å². The SMILES string of the molecule is OCCn1cc(CNCCCOC2CCCCC2)cn1. The molecule has 1 heterocycles. The lowest BCUT2D eigenvalue weighted by Crippen LogP contribution is -2.20. The number of hydrogen-bond acceptors (Lipinski definition) is 4. The molecule has 0 aromatic carbocycles. The van der Waals surface area contributed by atoms with Gasteiger partial charge in [-0.15, -0.1) is 0 Å². The summed E-state index contributed by atoms with van der Waals surface area (Å²) in [7, 11) is 0. The van der Waals surface area contributed by atoms with E-state index in [1.807, 2.05) is 12.4 Å². The van der Waals surface area contributed by atoms with Gasteiger partial charge in [0.25, 0.3) is 0 Å². The second-order valence-electron chi connectivity index (χ2n) is 5.50. The molecule has 2 N–H and O–H groups in total. The second kappa shape index (κ2) is 9.10. The second-order valence-corrected chi connectivity index (χ2v) is 5.50. The number of aliphatic hydroxyl groups excluding tert-OH is 1. The lowest BCUT2D eigenvalue weighted by Gasteiger charge is -2.21. The van der Waals surface area contributed by atoms with Gasteiger partial charge in [0.2, 0.25) is 0 Å². The number of nitrogens with zero attached hydrogens (tertiary/aromatic N) is 2. The predicted octanol–water partition coefficient (Wildman–Crippen LogP) is 1.70. The number of aliphatic hydroxyl groups is 1. The van der Waals surface area contributed by atoms with Gasteiger partial charge in [-0.2, -0.15) is 5.10 Å². The highest BCUT2D eigenvalue weighted by Crippen LogP contribution is 2.20. The first-order valence-corrected chi connectivity index (χ1v) is 7.83. The molecule has 1 saturated carbocycles. The summed E-state index contributed by atoms with van der Waals surface area (Å²) in [5.74, 6) is 0. The molecule has 0 amide bonds. The molecule has 2 rings (SSSR count). The van der Waals surface area contributed by atoms with Gasteiger partial charge in [0, 0.05) is 24.9 Å². The van der Waals surface area contributed by atoms with Crippen molar-refractivity contribution in [2.24, 2.45) is 0 Å². The van der Waals surface area contributed by atoms with Crippen LogP contribution in [-0.4, -0.2) is 40.7 Å². The Kier molecular flexibility index (Phi) is 7.05. The van der Waals surface area contributed by atoms with Crippen LogP contribution in [-0.2, 0) is 17.8 Å². The van der Waals surface area contributed by atoms with Gasteiger partial charge in [0.1, 0.15) is 0 Å². The van der Waals surface area contributed by atoms with Crippen molar-refractivity contribution in [2.45, 2.75) is 57.7 Å². The molecule has 0 saturated heterocycles. The van der Waals surface area contributed by atoms with Crippen molar-refractivity contribution in [3.63, 3.8) is 0 Å². The summed E-state index contributed by atoms with van der Waals surface area (Å²) >= 11 is 0. The number of nitrogens with one attached hydrogen (secondary N) is 1. The highest BCUT2D eigenvalue weighted by atomic mass is 16.5. The molecular formula is C15H27N3O2. The number of hydrogen-bond donors (Lipinski definition) is 2. The molecule has 114 valence electrons. The van der Waals surface area contributed by atoms with Crippen LogP contribution in [0.2, 0.25) is 0 Å². The minimum absolute atomic E-state index is 0.132. The molecule has 1 fully saturated rings. The maximum Gasteiger partial charge on any atom is 0.0640 e. The van der Waals surface area contributed by atoms with Crippen molar-refractivity contribution in [2.75, 3.05) is 19.8 Å². The smallest absolute Gasteiger partial charge is 0.0640 e. The van der Waals surface area contributed by atoms with Crippen LogP contribution in [0.15, 0.2) is 12.4 Å². The Bertz CT molecular complexity index is 362. The van der Waals surface area contributed by atoms with E-state index in [9.17, 15) is 0 Å². The van der Waals surface area contributed by atoms with Gasteiger partial charge in [0.05, 0.1) is 25.5 Å². The number of aromatic nitrogens is 2. The van der Waals surface area contributed by atoms with Gasteiger partial charge in [0.15, 0.2) is 0 Å². The molecule has 0 unspecified atom stereocenters. The van der Waals surface area contributed by atoms with E-state index in [4.69, 9.17) is 9.84 Å². The zero-order chi connectivity index (χ0) is 14.0. The van der Waals surface area contributed by atoms with Crippen molar-refractivity contribution in [1.29, 1.82) is 0 Å². The number of ether oxygens (including phenoxy) is 1. The van der Waals surface area contributed by atoms with Crippen molar-refractivity contribution < 1.29 is 9.84 Å². The quantitative estimate of drug-likeness (QED) is 0.677. The van der Waals surface area contributed by atoms with Crippen molar-refractivity contribution in [3.8, 4) is 0 Å². The molecule has 0 atom stereocenters. The normalized spacial score (nSPS) is 16.6. The largest absolute Gasteiger partial charge is 0.394 e. The van der Waals surface area contributed by atoms with E-state index >= 15 is 0 Å². The average Bonchev–Trinajstić information content (AvgIpc) is 2.92. The molecule has 20 heavy (non-hydrogen) atoms. The summed E-state index contributed by atoms with van der Waals surface area (Å²) in [5, 5.41) is 16.4. The van der Waals surface area contributed by atoms with E-state index in [1.54, 1.807) is 4.68 Å². The lowest BCUT2D eigenvalue weighted by molar-refractivity contribution is 0.0273. The van der Waals surface area contributed by atoms with Gasteiger partial charge in [-0.25, -0.2) is 0 Å². The van der Waals surface area contributed by atoms with Crippen LogP contribution < -0.4 is 5.32 Å². The van der Waals surface area contributed by atoms with Crippen LogP contribution >= 0.6 is 0 Å². The van der Waals surface area contributed by atoms with Crippen LogP contribution in [0, 0.1) is 0 Å². The Balaban J connectivity index is 1.48. The monoisotopic (exact) mass is 281 g/mol. The highest BCUT2D eigenvalue weighted by molar-refractivity contribution is 5.03. The third-order valence-electron chi connectivity index (χ3n) is 3.75. The minimum atomic E-state index is 0.132. The van der Waals surface area contributed by atoms with E-state index in [1.165, 1.54) is 32.1 Å². The van der Waals surface area contributed by atoms with Gasteiger partial charge in [-0.05, 0) is 25.8 Å². The maximum absolute atomic E-state index is 8.82. The molecule has 0 spiro atoms.